The molecule has 6 heavy (non-hydrogen) atoms. The Kier molecular flexibility index (Phi) is 96.3. The van der Waals surface area contributed by atoms with E-state index in [1.165, 1.54) is 0 Å². The number of hydrogen-bond acceptors (Lipinski definition) is 2. The largest absolute Gasteiger partial charge is 0.197 e. The fraction of sp³-hybridized carbons (Fsp3) is 1.00. The zero-order chi connectivity index (χ0) is 4.71. The van der Waals surface area contributed by atoms with Gasteiger partial charge >= 0.3 is 0 Å². The standard InChI is InChI=1S/C2H6S.CH4S.H2S/c1-3-2;1-2;/h1-2H3;2H,1H3;1H2. The third kappa shape index (κ3) is 75.1. The molecule has 0 radical (unpaired) electrons. The van der Waals surface area contributed by atoms with Crippen LogP contribution in [0.1, 0.15) is 0 Å². The molecule has 3 heteroatoms. The lowest BCUT2D eigenvalue weighted by Gasteiger charge is -1.51. The molecule has 0 bridgehead atoms. The number of rotatable bonds is 0. The van der Waals surface area contributed by atoms with Crippen LogP contribution in [0.3, 0.4) is 0 Å². The molecule has 0 rings (SSSR count). The van der Waals surface area contributed by atoms with Crippen LogP contribution in [-0.4, -0.2) is 18.8 Å². The summed E-state index contributed by atoms with van der Waals surface area (Å²) < 4.78 is 0. The van der Waals surface area contributed by atoms with Crippen molar-refractivity contribution >= 4 is 37.9 Å². The minimum absolute atomic E-state index is 0. The molecule has 0 fully saturated rings. The lowest BCUT2D eigenvalue weighted by atomic mass is 11.9. The summed E-state index contributed by atoms with van der Waals surface area (Å²) in [7, 11) is 0. The molecule has 0 amide bonds. The zero-order valence-corrected chi connectivity index (χ0v) is 7.07. The molecule has 0 aromatic carbocycles. The highest BCUT2D eigenvalue weighted by atomic mass is 32.2. The van der Waals surface area contributed by atoms with Crippen LogP contribution in [0.4, 0.5) is 0 Å². The van der Waals surface area contributed by atoms with E-state index in [2.05, 4.69) is 12.6 Å². The maximum absolute atomic E-state index is 3.53. The molecule has 0 atom stereocenters. The Morgan fingerprint density at radius 3 is 1.17 bits per heavy atom. The van der Waals surface area contributed by atoms with Gasteiger partial charge in [-0.3, -0.25) is 0 Å². The Balaban J connectivity index is -0.0000000275. The average Bonchev–Trinajstić information content (AvgIpc) is 1.46. The van der Waals surface area contributed by atoms with Gasteiger partial charge in [-0.15, -0.1) is 0 Å². The van der Waals surface area contributed by atoms with Crippen LogP contribution in [0, 0.1) is 0 Å². The van der Waals surface area contributed by atoms with Crippen LogP contribution in [-0.2, 0) is 0 Å². The molecule has 42 valence electrons. The average molecular weight is 144 g/mol. The molecule has 0 aromatic rings. The molecule has 0 unspecified atom stereocenters. The quantitative estimate of drug-likeness (QED) is 0.504. The SMILES string of the molecule is CS.CSC.S. The normalized spacial score (nSPS) is 4.00. The van der Waals surface area contributed by atoms with Crippen LogP contribution in [0.25, 0.3) is 0 Å². The Bertz CT molecular complexity index is 6.00. The summed E-state index contributed by atoms with van der Waals surface area (Å²) in [5.41, 5.74) is 0. The minimum atomic E-state index is 0. The van der Waals surface area contributed by atoms with Gasteiger partial charge in [0.2, 0.25) is 0 Å². The molecule has 0 aliphatic rings. The maximum atomic E-state index is 3.53. The van der Waals surface area contributed by atoms with Crippen molar-refractivity contribution in [1.82, 2.24) is 0 Å². The predicted molar refractivity (Wildman–Crippen MR) is 44.7 cm³/mol. The van der Waals surface area contributed by atoms with E-state index in [0.29, 0.717) is 0 Å². The van der Waals surface area contributed by atoms with Gasteiger partial charge in [0.1, 0.15) is 0 Å². The molecular weight excluding hydrogens is 132 g/mol. The molecule has 0 aromatic heterocycles. The van der Waals surface area contributed by atoms with Crippen LogP contribution >= 0.6 is 37.9 Å². The number of hydrogen-bond donors (Lipinski definition) is 1. The summed E-state index contributed by atoms with van der Waals surface area (Å²) in [4.78, 5) is 0. The van der Waals surface area contributed by atoms with Crippen LogP contribution in [0.2, 0.25) is 0 Å². The van der Waals surface area contributed by atoms with Gasteiger partial charge in [-0.1, -0.05) is 0 Å². The highest BCUT2D eigenvalue weighted by Gasteiger charge is 1.32. The lowest BCUT2D eigenvalue weighted by molar-refractivity contribution is 2.37. The Morgan fingerprint density at radius 1 is 1.17 bits per heavy atom. The molecule has 0 spiro atoms. The first-order chi connectivity index (χ1) is 2.41. The highest BCUT2D eigenvalue weighted by molar-refractivity contribution is 7.97. The molecule has 0 heterocycles. The lowest BCUT2D eigenvalue weighted by Crippen LogP contribution is -1.25. The van der Waals surface area contributed by atoms with Gasteiger partial charge in [-0.2, -0.15) is 37.9 Å². The van der Waals surface area contributed by atoms with E-state index in [9.17, 15) is 0 Å². The van der Waals surface area contributed by atoms with E-state index < -0.39 is 0 Å². The first-order valence-corrected chi connectivity index (χ1v) is 3.79. The van der Waals surface area contributed by atoms with Crippen LogP contribution in [0.5, 0.6) is 0 Å². The summed E-state index contributed by atoms with van der Waals surface area (Å²) in [6.45, 7) is 0. The summed E-state index contributed by atoms with van der Waals surface area (Å²) in [5, 5.41) is 0. The van der Waals surface area contributed by atoms with Crippen LogP contribution < -0.4 is 0 Å². The summed E-state index contributed by atoms with van der Waals surface area (Å²) in [6, 6.07) is 0. The molecule has 0 N–H and O–H groups in total. The first kappa shape index (κ1) is 15.7. The number of thiol groups is 1. The molecule has 0 saturated heterocycles. The van der Waals surface area contributed by atoms with Crippen molar-refractivity contribution in [2.45, 2.75) is 0 Å². The van der Waals surface area contributed by atoms with Gasteiger partial charge in [-0.25, -0.2) is 0 Å². The third-order valence-corrected chi connectivity index (χ3v) is 0. The molecule has 0 saturated carbocycles. The van der Waals surface area contributed by atoms with Gasteiger partial charge in [0.05, 0.1) is 0 Å². The van der Waals surface area contributed by atoms with E-state index in [4.69, 9.17) is 0 Å². The van der Waals surface area contributed by atoms with Crippen molar-refractivity contribution in [2.75, 3.05) is 18.8 Å². The van der Waals surface area contributed by atoms with Crippen molar-refractivity contribution in [3.05, 3.63) is 0 Å². The van der Waals surface area contributed by atoms with Crippen molar-refractivity contribution < 1.29 is 0 Å². The molecular formula is C3H12S3. The number of thioether (sulfide) groups is 1. The minimum Gasteiger partial charge on any atom is -0.197 e. The molecule has 0 aliphatic carbocycles. The van der Waals surface area contributed by atoms with E-state index in [1.54, 1.807) is 18.0 Å². The van der Waals surface area contributed by atoms with E-state index in [1.807, 2.05) is 12.5 Å². The Hall–Kier alpha value is 1.05. The second kappa shape index (κ2) is 36.7. The fourth-order valence-corrected chi connectivity index (χ4v) is 0. The topological polar surface area (TPSA) is 0 Å². The maximum Gasteiger partial charge on any atom is -0.0187 e. The predicted octanol–water partition coefficient (Wildman–Crippen LogP) is 1.64. The zero-order valence-electron chi connectivity index (χ0n) is 4.36. The summed E-state index contributed by atoms with van der Waals surface area (Å²) >= 11 is 5.28. The second-order valence-corrected chi connectivity index (χ2v) is 1.22. The van der Waals surface area contributed by atoms with E-state index in [0.717, 1.165) is 0 Å². The fourth-order valence-electron chi connectivity index (χ4n) is 0. The Labute approximate surface area is 56.9 Å². The van der Waals surface area contributed by atoms with Crippen molar-refractivity contribution in [2.24, 2.45) is 0 Å². The smallest absolute Gasteiger partial charge is 0.0187 e. The Morgan fingerprint density at radius 2 is 1.17 bits per heavy atom. The summed E-state index contributed by atoms with van der Waals surface area (Å²) in [6.07, 6.45) is 5.78. The molecule has 0 nitrogen and oxygen atoms in total. The van der Waals surface area contributed by atoms with Crippen molar-refractivity contribution in [3.8, 4) is 0 Å². The van der Waals surface area contributed by atoms with Crippen molar-refractivity contribution in [3.63, 3.8) is 0 Å². The van der Waals surface area contributed by atoms with E-state index in [-0.39, 0.29) is 13.5 Å². The van der Waals surface area contributed by atoms with Gasteiger partial charge in [0.15, 0.2) is 0 Å². The second-order valence-electron chi connectivity index (χ2n) is 0.408. The third-order valence-electron chi connectivity index (χ3n) is 0. The summed E-state index contributed by atoms with van der Waals surface area (Å²) in [5.74, 6) is 0. The van der Waals surface area contributed by atoms with Gasteiger partial charge in [0.25, 0.3) is 0 Å². The van der Waals surface area contributed by atoms with Crippen LogP contribution in [0.15, 0.2) is 0 Å². The van der Waals surface area contributed by atoms with Gasteiger partial charge in [0, 0.05) is 0 Å². The van der Waals surface area contributed by atoms with Gasteiger partial charge < -0.3 is 0 Å². The van der Waals surface area contributed by atoms with Crippen molar-refractivity contribution in [1.29, 1.82) is 0 Å². The molecule has 0 aliphatic heterocycles. The van der Waals surface area contributed by atoms with E-state index >= 15 is 0 Å². The highest BCUT2D eigenvalue weighted by Crippen LogP contribution is 1.70. The first-order valence-electron chi connectivity index (χ1n) is 1.26. The van der Waals surface area contributed by atoms with Gasteiger partial charge in [-0.05, 0) is 18.8 Å². The monoisotopic (exact) mass is 144 g/mol.